The summed E-state index contributed by atoms with van der Waals surface area (Å²) in [4.78, 5) is 0. The zero-order valence-electron chi connectivity index (χ0n) is 14.2. The third kappa shape index (κ3) is 6.23. The average Bonchev–Trinajstić information content (AvgIpc) is 2.61. The zero-order valence-corrected chi connectivity index (χ0v) is 14.2. The second-order valence-electron chi connectivity index (χ2n) is 5.84. The van der Waals surface area contributed by atoms with Crippen LogP contribution in [0, 0.1) is 0 Å². The molecule has 122 valence electrons. The van der Waals surface area contributed by atoms with Gasteiger partial charge in [0.2, 0.25) is 0 Å². The normalized spacial score (nSPS) is 12.4. The molecule has 0 radical (unpaired) electrons. The van der Waals surface area contributed by atoms with E-state index < -0.39 is 0 Å². The maximum atomic E-state index is 4.39. The van der Waals surface area contributed by atoms with Gasteiger partial charge in [0, 0.05) is 12.2 Å². The Kier molecular flexibility index (Phi) is 7.31. The van der Waals surface area contributed by atoms with E-state index in [1.807, 2.05) is 30.3 Å². The van der Waals surface area contributed by atoms with E-state index in [0.29, 0.717) is 0 Å². The number of azo groups is 1. The van der Waals surface area contributed by atoms with Crippen molar-refractivity contribution in [2.75, 3.05) is 11.9 Å². The standard InChI is InChI=1S/C20H27N3/c1-3-4-5-9-16-21-19-14-12-18(13-15-19)17(2)22-23-20-10-7-6-8-11-20/h6-8,10-15,17,21H,3-5,9,16H2,1-2H3. The molecule has 0 aliphatic heterocycles. The molecule has 1 atom stereocenters. The smallest absolute Gasteiger partial charge is 0.0934 e. The predicted octanol–water partition coefficient (Wildman–Crippen LogP) is 6.52. The van der Waals surface area contributed by atoms with E-state index in [1.54, 1.807) is 0 Å². The molecule has 23 heavy (non-hydrogen) atoms. The number of nitrogens with zero attached hydrogens (tertiary/aromatic N) is 2. The quantitative estimate of drug-likeness (QED) is 0.415. The van der Waals surface area contributed by atoms with E-state index in [4.69, 9.17) is 0 Å². The number of hydrogen-bond donors (Lipinski definition) is 1. The highest BCUT2D eigenvalue weighted by Crippen LogP contribution is 2.22. The highest BCUT2D eigenvalue weighted by atomic mass is 15.1. The van der Waals surface area contributed by atoms with Gasteiger partial charge >= 0.3 is 0 Å². The van der Waals surface area contributed by atoms with Crippen molar-refractivity contribution in [1.82, 2.24) is 0 Å². The van der Waals surface area contributed by atoms with Crippen molar-refractivity contribution >= 4 is 11.4 Å². The van der Waals surface area contributed by atoms with Gasteiger partial charge in [-0.2, -0.15) is 10.2 Å². The number of anilines is 1. The number of rotatable bonds is 9. The molecule has 0 heterocycles. The minimum absolute atomic E-state index is 0.0637. The molecule has 1 N–H and O–H groups in total. The van der Waals surface area contributed by atoms with Crippen molar-refractivity contribution in [1.29, 1.82) is 0 Å². The summed E-state index contributed by atoms with van der Waals surface area (Å²) in [7, 11) is 0. The molecule has 0 amide bonds. The lowest BCUT2D eigenvalue weighted by molar-refractivity contribution is 0.685. The molecular weight excluding hydrogens is 282 g/mol. The molecule has 0 fully saturated rings. The minimum atomic E-state index is 0.0637. The summed E-state index contributed by atoms with van der Waals surface area (Å²) in [6, 6.07) is 18.4. The first kappa shape index (κ1) is 17.2. The van der Waals surface area contributed by atoms with Crippen molar-refractivity contribution in [3.63, 3.8) is 0 Å². The molecule has 2 aromatic rings. The molecule has 0 saturated heterocycles. The summed E-state index contributed by atoms with van der Waals surface area (Å²) >= 11 is 0. The van der Waals surface area contributed by atoms with Crippen molar-refractivity contribution in [2.45, 2.75) is 45.6 Å². The maximum absolute atomic E-state index is 4.39. The Morgan fingerprint density at radius 3 is 2.35 bits per heavy atom. The number of benzene rings is 2. The van der Waals surface area contributed by atoms with Crippen LogP contribution in [0.4, 0.5) is 11.4 Å². The fourth-order valence-corrected chi connectivity index (χ4v) is 2.38. The lowest BCUT2D eigenvalue weighted by atomic mass is 10.1. The van der Waals surface area contributed by atoms with Crippen LogP contribution in [0.1, 0.15) is 51.1 Å². The Morgan fingerprint density at radius 2 is 1.65 bits per heavy atom. The van der Waals surface area contributed by atoms with Gasteiger partial charge in [-0.1, -0.05) is 56.5 Å². The van der Waals surface area contributed by atoms with Crippen LogP contribution in [0.25, 0.3) is 0 Å². The highest BCUT2D eigenvalue weighted by molar-refractivity contribution is 5.45. The van der Waals surface area contributed by atoms with Crippen molar-refractivity contribution in [2.24, 2.45) is 10.2 Å². The van der Waals surface area contributed by atoms with E-state index in [9.17, 15) is 0 Å². The third-order valence-corrected chi connectivity index (χ3v) is 3.86. The Balaban J connectivity index is 1.82. The van der Waals surface area contributed by atoms with Crippen molar-refractivity contribution in [3.8, 4) is 0 Å². The van der Waals surface area contributed by atoms with Gasteiger partial charge in [0.05, 0.1) is 11.7 Å². The van der Waals surface area contributed by atoms with E-state index in [2.05, 4.69) is 53.7 Å². The summed E-state index contributed by atoms with van der Waals surface area (Å²) < 4.78 is 0. The van der Waals surface area contributed by atoms with Gasteiger partial charge in [0.25, 0.3) is 0 Å². The first-order chi connectivity index (χ1) is 11.3. The van der Waals surface area contributed by atoms with Crippen LogP contribution in [0.3, 0.4) is 0 Å². The van der Waals surface area contributed by atoms with Crippen molar-refractivity contribution in [3.05, 3.63) is 60.2 Å². The molecule has 3 heteroatoms. The minimum Gasteiger partial charge on any atom is -0.385 e. The van der Waals surface area contributed by atoms with Gasteiger partial charge in [0.1, 0.15) is 0 Å². The Morgan fingerprint density at radius 1 is 0.913 bits per heavy atom. The fraction of sp³-hybridized carbons (Fsp3) is 0.400. The number of nitrogens with one attached hydrogen (secondary N) is 1. The zero-order chi connectivity index (χ0) is 16.3. The van der Waals surface area contributed by atoms with Crippen LogP contribution >= 0.6 is 0 Å². The number of hydrogen-bond acceptors (Lipinski definition) is 3. The summed E-state index contributed by atoms with van der Waals surface area (Å²) in [5.74, 6) is 0. The van der Waals surface area contributed by atoms with Crippen LogP contribution in [-0.4, -0.2) is 6.54 Å². The molecule has 0 aliphatic carbocycles. The Hall–Kier alpha value is -2.16. The van der Waals surface area contributed by atoms with E-state index in [-0.39, 0.29) is 6.04 Å². The second kappa shape index (κ2) is 9.78. The first-order valence-electron chi connectivity index (χ1n) is 8.59. The van der Waals surface area contributed by atoms with Gasteiger partial charge in [0.15, 0.2) is 0 Å². The summed E-state index contributed by atoms with van der Waals surface area (Å²) in [5, 5.41) is 12.2. The van der Waals surface area contributed by atoms with Crippen LogP contribution in [0.2, 0.25) is 0 Å². The highest BCUT2D eigenvalue weighted by Gasteiger charge is 2.03. The molecule has 2 rings (SSSR count). The first-order valence-corrected chi connectivity index (χ1v) is 8.59. The second-order valence-corrected chi connectivity index (χ2v) is 5.84. The summed E-state index contributed by atoms with van der Waals surface area (Å²) in [5.41, 5.74) is 3.25. The van der Waals surface area contributed by atoms with Crippen LogP contribution in [-0.2, 0) is 0 Å². The molecule has 2 aromatic carbocycles. The molecule has 1 unspecified atom stereocenters. The van der Waals surface area contributed by atoms with Crippen LogP contribution < -0.4 is 5.32 Å². The monoisotopic (exact) mass is 309 g/mol. The molecule has 0 spiro atoms. The van der Waals surface area contributed by atoms with Crippen LogP contribution in [0.5, 0.6) is 0 Å². The van der Waals surface area contributed by atoms with E-state index >= 15 is 0 Å². The predicted molar refractivity (Wildman–Crippen MR) is 98.4 cm³/mol. The van der Waals surface area contributed by atoms with Gasteiger partial charge < -0.3 is 5.32 Å². The van der Waals surface area contributed by atoms with Gasteiger partial charge in [-0.25, -0.2) is 0 Å². The largest absolute Gasteiger partial charge is 0.385 e. The van der Waals surface area contributed by atoms with E-state index in [1.165, 1.54) is 36.9 Å². The average molecular weight is 309 g/mol. The van der Waals surface area contributed by atoms with E-state index in [0.717, 1.165) is 12.2 Å². The molecule has 0 aromatic heterocycles. The lowest BCUT2D eigenvalue weighted by Gasteiger charge is -2.09. The fourth-order valence-electron chi connectivity index (χ4n) is 2.38. The van der Waals surface area contributed by atoms with Crippen LogP contribution in [0.15, 0.2) is 64.8 Å². The summed E-state index contributed by atoms with van der Waals surface area (Å²) in [6.07, 6.45) is 5.14. The Labute approximate surface area is 139 Å². The molecule has 0 saturated carbocycles. The SMILES string of the molecule is CCCCCCNc1ccc(C(C)N=Nc2ccccc2)cc1. The lowest BCUT2D eigenvalue weighted by Crippen LogP contribution is -2.01. The maximum Gasteiger partial charge on any atom is 0.0934 e. The molecule has 0 bridgehead atoms. The topological polar surface area (TPSA) is 36.8 Å². The van der Waals surface area contributed by atoms with Crippen molar-refractivity contribution < 1.29 is 0 Å². The summed E-state index contributed by atoms with van der Waals surface area (Å²) in [6.45, 7) is 5.35. The molecule has 3 nitrogen and oxygen atoms in total. The third-order valence-electron chi connectivity index (χ3n) is 3.86. The van der Waals surface area contributed by atoms with Gasteiger partial charge in [-0.15, -0.1) is 0 Å². The molecule has 0 aliphatic rings. The molecular formula is C20H27N3. The number of unbranched alkanes of at least 4 members (excludes halogenated alkanes) is 3. The van der Waals surface area contributed by atoms with Gasteiger partial charge in [-0.3, -0.25) is 0 Å². The van der Waals surface area contributed by atoms with Gasteiger partial charge in [-0.05, 0) is 43.2 Å². The Bertz CT molecular complexity index is 576.